The van der Waals surface area contributed by atoms with Crippen molar-refractivity contribution in [3.8, 4) is 0 Å². The van der Waals surface area contributed by atoms with Gasteiger partial charge in [0.25, 0.3) is 0 Å². The summed E-state index contributed by atoms with van der Waals surface area (Å²) >= 11 is 0. The molecule has 0 aliphatic carbocycles. The minimum atomic E-state index is -0.882. The van der Waals surface area contributed by atoms with E-state index in [1.54, 1.807) is 0 Å². The van der Waals surface area contributed by atoms with Gasteiger partial charge in [-0.15, -0.1) is 0 Å². The number of hydrogen-bond acceptors (Lipinski definition) is 4. The van der Waals surface area contributed by atoms with E-state index < -0.39 is 17.7 Å². The van der Waals surface area contributed by atoms with Crippen molar-refractivity contribution in [2.24, 2.45) is 0 Å². The van der Waals surface area contributed by atoms with Gasteiger partial charge in [0.2, 0.25) is 0 Å². The number of rotatable bonds is 4. The van der Waals surface area contributed by atoms with Crippen molar-refractivity contribution >= 4 is 11.4 Å². The van der Waals surface area contributed by atoms with E-state index in [-0.39, 0.29) is 24.6 Å². The SMILES string of the molecule is Nc1c(F)cc(F)cc1NC(CO)CO. The van der Waals surface area contributed by atoms with Gasteiger partial charge in [0.15, 0.2) is 5.82 Å². The Kier molecular flexibility index (Phi) is 3.81. The van der Waals surface area contributed by atoms with Gasteiger partial charge in [0, 0.05) is 6.07 Å². The minimum Gasteiger partial charge on any atom is -0.395 e. The van der Waals surface area contributed by atoms with Crippen LogP contribution < -0.4 is 11.1 Å². The predicted octanol–water partition coefficient (Wildman–Crippen LogP) is 0.312. The first kappa shape index (κ1) is 11.7. The van der Waals surface area contributed by atoms with Crippen LogP contribution in [0.3, 0.4) is 0 Å². The van der Waals surface area contributed by atoms with Crippen molar-refractivity contribution in [1.29, 1.82) is 0 Å². The third-order valence-corrected chi connectivity index (χ3v) is 1.89. The molecule has 4 nitrogen and oxygen atoms in total. The first-order chi connectivity index (χ1) is 7.08. The molecule has 0 amide bonds. The van der Waals surface area contributed by atoms with Crippen LogP contribution in [-0.4, -0.2) is 29.5 Å². The molecule has 0 fully saturated rings. The molecular weight excluding hydrogens is 206 g/mol. The summed E-state index contributed by atoms with van der Waals surface area (Å²) in [6, 6.07) is 0.956. The molecule has 0 aromatic heterocycles. The summed E-state index contributed by atoms with van der Waals surface area (Å²) in [7, 11) is 0. The smallest absolute Gasteiger partial charge is 0.151 e. The van der Waals surface area contributed by atoms with Crippen LogP contribution in [0, 0.1) is 11.6 Å². The second kappa shape index (κ2) is 4.90. The lowest BCUT2D eigenvalue weighted by Crippen LogP contribution is -2.28. The normalized spacial score (nSPS) is 10.7. The Morgan fingerprint density at radius 3 is 2.40 bits per heavy atom. The third kappa shape index (κ3) is 2.77. The molecule has 0 aliphatic rings. The van der Waals surface area contributed by atoms with E-state index in [1.165, 1.54) is 0 Å². The number of nitrogen functional groups attached to an aromatic ring is 1. The number of aliphatic hydroxyl groups is 2. The summed E-state index contributed by atoms with van der Waals surface area (Å²) in [6.07, 6.45) is 0. The number of hydrogen-bond donors (Lipinski definition) is 4. The molecular formula is C9H12F2N2O2. The summed E-state index contributed by atoms with van der Waals surface area (Å²) in [5.41, 5.74) is 5.11. The van der Waals surface area contributed by atoms with Crippen molar-refractivity contribution in [1.82, 2.24) is 0 Å². The first-order valence-electron chi connectivity index (χ1n) is 4.31. The average molecular weight is 218 g/mol. The molecule has 5 N–H and O–H groups in total. The molecule has 0 unspecified atom stereocenters. The van der Waals surface area contributed by atoms with Crippen LogP contribution in [0.1, 0.15) is 0 Å². The monoisotopic (exact) mass is 218 g/mol. The van der Waals surface area contributed by atoms with Crippen molar-refractivity contribution < 1.29 is 19.0 Å². The van der Waals surface area contributed by atoms with E-state index in [4.69, 9.17) is 15.9 Å². The van der Waals surface area contributed by atoms with E-state index >= 15 is 0 Å². The van der Waals surface area contributed by atoms with Crippen LogP contribution in [0.2, 0.25) is 0 Å². The van der Waals surface area contributed by atoms with Crippen LogP contribution in [0.25, 0.3) is 0 Å². The van der Waals surface area contributed by atoms with Gasteiger partial charge >= 0.3 is 0 Å². The Bertz CT molecular complexity index is 343. The van der Waals surface area contributed by atoms with Crippen LogP contribution >= 0.6 is 0 Å². The average Bonchev–Trinajstić information content (AvgIpc) is 2.21. The molecule has 0 saturated carbocycles. The standard InChI is InChI=1S/C9H12F2N2O2/c10-5-1-7(11)9(12)8(2-5)13-6(3-14)4-15/h1-2,6,13-15H,3-4,12H2. The summed E-state index contributed by atoms with van der Waals surface area (Å²) in [5.74, 6) is -1.66. The third-order valence-electron chi connectivity index (χ3n) is 1.89. The Balaban J connectivity index is 2.93. The molecule has 1 rings (SSSR count). The zero-order valence-electron chi connectivity index (χ0n) is 7.87. The van der Waals surface area contributed by atoms with Gasteiger partial charge in [-0.2, -0.15) is 0 Å². The molecule has 1 aromatic rings. The molecule has 0 spiro atoms. The van der Waals surface area contributed by atoms with E-state index in [0.717, 1.165) is 6.07 Å². The van der Waals surface area contributed by atoms with E-state index in [0.29, 0.717) is 6.07 Å². The molecule has 0 bridgehead atoms. The largest absolute Gasteiger partial charge is 0.395 e. The second-order valence-electron chi connectivity index (χ2n) is 3.06. The van der Waals surface area contributed by atoms with E-state index in [2.05, 4.69) is 5.32 Å². The summed E-state index contributed by atoms with van der Waals surface area (Å²) in [6.45, 7) is -0.734. The number of halogens is 2. The molecule has 0 atom stereocenters. The highest BCUT2D eigenvalue weighted by atomic mass is 19.1. The zero-order valence-corrected chi connectivity index (χ0v) is 7.87. The second-order valence-corrected chi connectivity index (χ2v) is 3.06. The molecule has 0 saturated heterocycles. The van der Waals surface area contributed by atoms with Crippen molar-refractivity contribution in [3.63, 3.8) is 0 Å². The summed E-state index contributed by atoms with van der Waals surface area (Å²) in [5, 5.41) is 20.1. The van der Waals surface area contributed by atoms with Crippen LogP contribution in [0.4, 0.5) is 20.2 Å². The number of benzene rings is 1. The van der Waals surface area contributed by atoms with Crippen LogP contribution in [0.15, 0.2) is 12.1 Å². The van der Waals surface area contributed by atoms with Gasteiger partial charge in [-0.25, -0.2) is 8.78 Å². The van der Waals surface area contributed by atoms with Gasteiger partial charge in [-0.05, 0) is 6.07 Å². The zero-order chi connectivity index (χ0) is 11.4. The molecule has 84 valence electrons. The van der Waals surface area contributed by atoms with Crippen molar-refractivity contribution in [2.45, 2.75) is 6.04 Å². The lowest BCUT2D eigenvalue weighted by Gasteiger charge is -2.16. The maximum absolute atomic E-state index is 13.0. The molecule has 1 aromatic carbocycles. The minimum absolute atomic E-state index is 0.0144. The fourth-order valence-corrected chi connectivity index (χ4v) is 1.07. The Morgan fingerprint density at radius 1 is 1.27 bits per heavy atom. The first-order valence-corrected chi connectivity index (χ1v) is 4.31. The lowest BCUT2D eigenvalue weighted by molar-refractivity contribution is 0.204. The number of nitrogens with one attached hydrogen (secondary N) is 1. The van der Waals surface area contributed by atoms with Gasteiger partial charge < -0.3 is 21.3 Å². The molecule has 0 heterocycles. The quantitative estimate of drug-likeness (QED) is 0.548. The number of aliphatic hydroxyl groups excluding tert-OH is 2. The highest BCUT2D eigenvalue weighted by Gasteiger charge is 2.11. The molecule has 0 radical (unpaired) electrons. The fourth-order valence-electron chi connectivity index (χ4n) is 1.07. The van der Waals surface area contributed by atoms with Gasteiger partial charge in [-0.3, -0.25) is 0 Å². The van der Waals surface area contributed by atoms with E-state index in [1.807, 2.05) is 0 Å². The van der Waals surface area contributed by atoms with Gasteiger partial charge in [0.1, 0.15) is 5.82 Å². The summed E-state index contributed by atoms with van der Waals surface area (Å²) in [4.78, 5) is 0. The highest BCUT2D eigenvalue weighted by Crippen LogP contribution is 2.23. The molecule has 0 aliphatic heterocycles. The highest BCUT2D eigenvalue weighted by molar-refractivity contribution is 5.67. The van der Waals surface area contributed by atoms with Gasteiger partial charge in [0.05, 0.1) is 30.6 Å². The maximum atomic E-state index is 13.0. The van der Waals surface area contributed by atoms with Crippen LogP contribution in [0.5, 0.6) is 0 Å². The lowest BCUT2D eigenvalue weighted by atomic mass is 10.2. The topological polar surface area (TPSA) is 78.5 Å². The molecule has 15 heavy (non-hydrogen) atoms. The predicted molar refractivity (Wildman–Crippen MR) is 52.4 cm³/mol. The number of anilines is 2. The van der Waals surface area contributed by atoms with Crippen LogP contribution in [-0.2, 0) is 0 Å². The van der Waals surface area contributed by atoms with Crippen molar-refractivity contribution in [2.75, 3.05) is 24.3 Å². The van der Waals surface area contributed by atoms with E-state index in [9.17, 15) is 8.78 Å². The Hall–Kier alpha value is -1.40. The fraction of sp³-hybridized carbons (Fsp3) is 0.333. The Morgan fingerprint density at radius 2 is 1.87 bits per heavy atom. The summed E-state index contributed by atoms with van der Waals surface area (Å²) < 4.78 is 25.8. The molecule has 6 heteroatoms. The Labute approximate surface area is 85.3 Å². The number of nitrogens with two attached hydrogens (primary N) is 1. The van der Waals surface area contributed by atoms with Crippen molar-refractivity contribution in [3.05, 3.63) is 23.8 Å². The van der Waals surface area contributed by atoms with Gasteiger partial charge in [-0.1, -0.05) is 0 Å². The maximum Gasteiger partial charge on any atom is 0.151 e.